The van der Waals surface area contributed by atoms with Crippen LogP contribution in [0.3, 0.4) is 0 Å². The number of hydrogen-bond acceptors (Lipinski definition) is 5. The molecule has 1 aromatic rings. The smallest absolute Gasteiger partial charge is 0.243 e. The fraction of sp³-hybridized carbons (Fsp3) is 0.500. The van der Waals surface area contributed by atoms with E-state index in [-0.39, 0.29) is 13.2 Å². The van der Waals surface area contributed by atoms with Gasteiger partial charge in [-0.05, 0) is 31.5 Å². The van der Waals surface area contributed by atoms with Crippen molar-refractivity contribution in [1.82, 2.24) is 0 Å². The highest BCUT2D eigenvalue weighted by Gasteiger charge is 2.16. The number of primary amides is 1. The monoisotopic (exact) mass is 360 g/mol. The second kappa shape index (κ2) is 8.86. The van der Waals surface area contributed by atoms with Crippen molar-refractivity contribution in [1.29, 1.82) is 0 Å². The topological polar surface area (TPSA) is 96.8 Å². The molecule has 7 heteroatoms. The number of nitrogens with two attached hydrogens (primary N) is 2. The first-order chi connectivity index (χ1) is 9.99. The van der Waals surface area contributed by atoms with E-state index in [1.165, 1.54) is 0 Å². The first kappa shape index (κ1) is 17.7. The van der Waals surface area contributed by atoms with Crippen LogP contribution >= 0.6 is 15.9 Å². The van der Waals surface area contributed by atoms with Crippen LogP contribution < -0.4 is 20.9 Å². The Morgan fingerprint density at radius 2 is 1.81 bits per heavy atom. The molecule has 0 aliphatic heterocycles. The number of benzene rings is 1. The molecular weight excluding hydrogens is 340 g/mol. The Kier molecular flexibility index (Phi) is 7.49. The van der Waals surface area contributed by atoms with Gasteiger partial charge >= 0.3 is 0 Å². The number of rotatable bonds is 9. The number of hydrogen-bond donors (Lipinski definition) is 2. The number of carbonyl (C=O) groups excluding carboxylic acids is 1. The third-order valence-electron chi connectivity index (χ3n) is 2.60. The van der Waals surface area contributed by atoms with Crippen molar-refractivity contribution in [2.45, 2.75) is 19.9 Å². The van der Waals surface area contributed by atoms with Gasteiger partial charge in [0.2, 0.25) is 5.91 Å². The molecule has 0 heterocycles. The molecule has 4 N–H and O–H groups in total. The van der Waals surface area contributed by atoms with Gasteiger partial charge in [0.15, 0.2) is 11.5 Å². The molecule has 118 valence electrons. The van der Waals surface area contributed by atoms with Crippen molar-refractivity contribution in [3.63, 3.8) is 0 Å². The Hall–Kier alpha value is -1.31. The zero-order valence-electron chi connectivity index (χ0n) is 12.2. The van der Waals surface area contributed by atoms with E-state index in [1.54, 1.807) is 0 Å². The molecule has 21 heavy (non-hydrogen) atoms. The van der Waals surface area contributed by atoms with Gasteiger partial charge in [-0.15, -0.1) is 0 Å². The van der Waals surface area contributed by atoms with Gasteiger partial charge in [0.05, 0.1) is 25.9 Å². The molecule has 0 saturated heterocycles. The Labute approximate surface area is 132 Å². The van der Waals surface area contributed by atoms with Crippen LogP contribution in [-0.4, -0.2) is 32.3 Å². The Morgan fingerprint density at radius 3 is 2.33 bits per heavy atom. The quantitative estimate of drug-likeness (QED) is 0.699. The molecule has 1 rings (SSSR count). The Balaban J connectivity index is 2.90. The molecule has 1 amide bonds. The van der Waals surface area contributed by atoms with Gasteiger partial charge in [-0.3, -0.25) is 4.79 Å². The number of carbonyl (C=O) groups is 1. The van der Waals surface area contributed by atoms with E-state index in [4.69, 9.17) is 25.7 Å². The first-order valence-corrected chi connectivity index (χ1v) is 7.49. The maximum atomic E-state index is 10.7. The second-order valence-corrected chi connectivity index (χ2v) is 5.13. The van der Waals surface area contributed by atoms with Crippen LogP contribution in [0.2, 0.25) is 0 Å². The lowest BCUT2D eigenvalue weighted by atomic mass is 10.1. The molecule has 1 unspecified atom stereocenters. The summed E-state index contributed by atoms with van der Waals surface area (Å²) in [5, 5.41) is 0. The minimum atomic E-state index is -0.525. The molecule has 0 spiro atoms. The molecule has 1 atom stereocenters. The third kappa shape index (κ3) is 5.53. The largest absolute Gasteiger partial charge is 0.490 e. The van der Waals surface area contributed by atoms with Gasteiger partial charge in [-0.2, -0.15) is 0 Å². The van der Waals surface area contributed by atoms with Gasteiger partial charge in [-0.1, -0.05) is 15.9 Å². The predicted octanol–water partition coefficient (Wildman–Crippen LogP) is 1.75. The van der Waals surface area contributed by atoms with Gasteiger partial charge in [0.1, 0.15) is 6.61 Å². The lowest BCUT2D eigenvalue weighted by molar-refractivity contribution is -0.122. The number of halogens is 1. The average molecular weight is 361 g/mol. The summed E-state index contributed by atoms with van der Waals surface area (Å²) < 4.78 is 17.0. The van der Waals surface area contributed by atoms with Crippen LogP contribution in [0, 0.1) is 0 Å². The van der Waals surface area contributed by atoms with Gasteiger partial charge in [-0.25, -0.2) is 0 Å². The molecule has 0 aliphatic carbocycles. The maximum absolute atomic E-state index is 10.7. The van der Waals surface area contributed by atoms with Crippen molar-refractivity contribution in [3.05, 3.63) is 22.2 Å². The van der Waals surface area contributed by atoms with Crippen molar-refractivity contribution in [2.75, 3.05) is 26.4 Å². The standard InChI is InChI=1S/C14H21BrN2O4/c1-3-20-12-5-9(10(15)6-13(12)21-4-2)11(16)7-19-8-14(17)18/h5-6,11H,3-4,7-8,16H2,1-2H3,(H2,17,18). The highest BCUT2D eigenvalue weighted by Crippen LogP contribution is 2.36. The first-order valence-electron chi connectivity index (χ1n) is 6.70. The summed E-state index contributed by atoms with van der Waals surface area (Å²) in [6.45, 7) is 4.89. The molecule has 6 nitrogen and oxygen atoms in total. The van der Waals surface area contributed by atoms with Crippen molar-refractivity contribution in [2.24, 2.45) is 11.5 Å². The lowest BCUT2D eigenvalue weighted by Crippen LogP contribution is -2.23. The van der Waals surface area contributed by atoms with Gasteiger partial charge < -0.3 is 25.7 Å². The highest BCUT2D eigenvalue weighted by molar-refractivity contribution is 9.10. The van der Waals surface area contributed by atoms with E-state index in [1.807, 2.05) is 26.0 Å². The Morgan fingerprint density at radius 1 is 1.24 bits per heavy atom. The fourth-order valence-electron chi connectivity index (χ4n) is 1.75. The van der Waals surface area contributed by atoms with Crippen molar-refractivity contribution >= 4 is 21.8 Å². The molecule has 0 fully saturated rings. The zero-order chi connectivity index (χ0) is 15.8. The molecule has 0 aliphatic rings. The SMILES string of the molecule is CCOc1cc(Br)c(C(N)COCC(N)=O)cc1OCC. The van der Waals surface area contributed by atoms with Gasteiger partial charge in [0.25, 0.3) is 0 Å². The van der Waals surface area contributed by atoms with Crippen LogP contribution in [0.5, 0.6) is 11.5 Å². The van der Waals surface area contributed by atoms with E-state index >= 15 is 0 Å². The summed E-state index contributed by atoms with van der Waals surface area (Å²) in [6, 6.07) is 3.22. The van der Waals surface area contributed by atoms with Crippen LogP contribution in [0.1, 0.15) is 25.5 Å². The highest BCUT2D eigenvalue weighted by atomic mass is 79.9. The minimum absolute atomic E-state index is 0.152. The summed E-state index contributed by atoms with van der Waals surface area (Å²) in [4.78, 5) is 10.7. The zero-order valence-corrected chi connectivity index (χ0v) is 13.8. The maximum Gasteiger partial charge on any atom is 0.243 e. The van der Waals surface area contributed by atoms with E-state index in [2.05, 4.69) is 15.9 Å². The van der Waals surface area contributed by atoms with E-state index in [9.17, 15) is 4.79 Å². The molecule has 0 radical (unpaired) electrons. The lowest BCUT2D eigenvalue weighted by Gasteiger charge is -2.18. The third-order valence-corrected chi connectivity index (χ3v) is 3.29. The summed E-state index contributed by atoms with van der Waals surface area (Å²) in [6.07, 6.45) is 0. The van der Waals surface area contributed by atoms with Crippen molar-refractivity contribution < 1.29 is 19.0 Å². The van der Waals surface area contributed by atoms with E-state index in [0.717, 1.165) is 10.0 Å². The molecule has 0 saturated carbocycles. The molecular formula is C14H21BrN2O4. The Bertz CT molecular complexity index is 482. The average Bonchev–Trinajstić information content (AvgIpc) is 2.41. The minimum Gasteiger partial charge on any atom is -0.490 e. The normalized spacial score (nSPS) is 12.0. The summed E-state index contributed by atoms with van der Waals surface area (Å²) in [7, 11) is 0. The van der Waals surface area contributed by atoms with Gasteiger partial charge in [0, 0.05) is 4.47 Å². The summed E-state index contributed by atoms with van der Waals surface area (Å²) in [5.74, 6) is 0.756. The predicted molar refractivity (Wildman–Crippen MR) is 83.4 cm³/mol. The second-order valence-electron chi connectivity index (χ2n) is 4.27. The van der Waals surface area contributed by atoms with Crippen LogP contribution in [0.25, 0.3) is 0 Å². The summed E-state index contributed by atoms with van der Waals surface area (Å²) in [5.41, 5.74) is 11.9. The fourth-order valence-corrected chi connectivity index (χ4v) is 2.36. The molecule has 0 bridgehead atoms. The number of amides is 1. The van der Waals surface area contributed by atoms with Crippen LogP contribution in [0.4, 0.5) is 0 Å². The van der Waals surface area contributed by atoms with E-state index in [0.29, 0.717) is 24.7 Å². The van der Waals surface area contributed by atoms with Crippen LogP contribution in [0.15, 0.2) is 16.6 Å². The molecule has 0 aromatic heterocycles. The van der Waals surface area contributed by atoms with Crippen molar-refractivity contribution in [3.8, 4) is 11.5 Å². The number of ether oxygens (including phenoxy) is 3. The molecule has 1 aromatic carbocycles. The summed E-state index contributed by atoms with van der Waals surface area (Å²) >= 11 is 3.46. The van der Waals surface area contributed by atoms with Crippen LogP contribution in [-0.2, 0) is 9.53 Å². The van der Waals surface area contributed by atoms with E-state index < -0.39 is 11.9 Å².